The molecule has 44 heavy (non-hydrogen) atoms. The molecular weight excluding hydrogens is 564 g/mol. The number of methoxy groups -OCH3 is 1. The molecule has 10 nitrogen and oxygen atoms in total. The van der Waals surface area contributed by atoms with Gasteiger partial charge in [0.15, 0.2) is 11.7 Å². The Morgan fingerprint density at radius 3 is 2.41 bits per heavy atom. The predicted molar refractivity (Wildman–Crippen MR) is 163 cm³/mol. The second-order valence-electron chi connectivity index (χ2n) is 11.1. The van der Waals surface area contributed by atoms with Gasteiger partial charge in [-0.3, -0.25) is 14.4 Å². The second-order valence-corrected chi connectivity index (χ2v) is 11.1. The summed E-state index contributed by atoms with van der Waals surface area (Å²) in [6.45, 7) is 5.07. The molecule has 2 aromatic rings. The zero-order chi connectivity index (χ0) is 32.1. The molecule has 0 radical (unpaired) electrons. The van der Waals surface area contributed by atoms with Gasteiger partial charge in [0.1, 0.15) is 17.9 Å². The Morgan fingerprint density at radius 2 is 1.75 bits per heavy atom. The molecule has 0 spiro atoms. The normalized spacial score (nSPS) is 22.3. The van der Waals surface area contributed by atoms with Crippen LogP contribution in [0.2, 0.25) is 0 Å². The van der Waals surface area contributed by atoms with Gasteiger partial charge in [-0.2, -0.15) is 0 Å². The summed E-state index contributed by atoms with van der Waals surface area (Å²) in [5.74, 6) is 3.68. The molecule has 0 saturated carbocycles. The van der Waals surface area contributed by atoms with Gasteiger partial charge in [-0.1, -0.05) is 62.1 Å². The molecule has 1 aliphatic heterocycles. The largest absolute Gasteiger partial charge is 0.497 e. The average molecular weight is 605 g/mol. The first kappa shape index (κ1) is 33.9. The Morgan fingerprint density at radius 1 is 1.05 bits per heavy atom. The van der Waals surface area contributed by atoms with Crippen LogP contribution in [0.3, 0.4) is 0 Å². The fourth-order valence-corrected chi connectivity index (χ4v) is 4.38. The summed E-state index contributed by atoms with van der Waals surface area (Å²) in [5.41, 5.74) is -0.406. The van der Waals surface area contributed by atoms with Crippen molar-refractivity contribution in [2.24, 2.45) is 5.92 Å². The minimum Gasteiger partial charge on any atom is -0.497 e. The van der Waals surface area contributed by atoms with Gasteiger partial charge in [0.05, 0.1) is 13.5 Å². The number of cyclic esters (lactones) is 2. The van der Waals surface area contributed by atoms with E-state index < -0.39 is 47.6 Å². The van der Waals surface area contributed by atoms with Crippen LogP contribution in [0.1, 0.15) is 51.2 Å². The van der Waals surface area contributed by atoms with E-state index in [1.807, 2.05) is 19.9 Å². The van der Waals surface area contributed by atoms with Gasteiger partial charge < -0.3 is 30.0 Å². The van der Waals surface area contributed by atoms with Crippen LogP contribution in [-0.4, -0.2) is 66.4 Å². The zero-order valence-electron chi connectivity index (χ0n) is 25.5. The molecule has 2 aromatic carbocycles. The molecule has 234 valence electrons. The van der Waals surface area contributed by atoms with Crippen molar-refractivity contribution in [2.75, 3.05) is 13.7 Å². The van der Waals surface area contributed by atoms with E-state index in [2.05, 4.69) is 22.5 Å². The lowest BCUT2D eigenvalue weighted by Gasteiger charge is -2.29. The number of esters is 2. The average Bonchev–Trinajstić information content (AvgIpc) is 2.99. The van der Waals surface area contributed by atoms with Crippen molar-refractivity contribution in [1.82, 2.24) is 10.6 Å². The molecule has 10 heteroatoms. The minimum atomic E-state index is -1.83. The number of ether oxygens (including phenoxy) is 3. The summed E-state index contributed by atoms with van der Waals surface area (Å²) < 4.78 is 16.4. The Labute approximate surface area is 258 Å². The molecule has 1 aliphatic rings. The van der Waals surface area contributed by atoms with Crippen molar-refractivity contribution < 1.29 is 38.5 Å². The lowest BCUT2D eigenvalue weighted by atomic mass is 9.95. The van der Waals surface area contributed by atoms with Crippen LogP contribution in [0.15, 0.2) is 66.7 Å². The lowest BCUT2D eigenvalue weighted by molar-refractivity contribution is -0.178. The molecule has 3 N–H and O–H groups in total. The molecule has 1 heterocycles. The number of benzene rings is 2. The van der Waals surface area contributed by atoms with Gasteiger partial charge in [-0.25, -0.2) is 4.79 Å². The topological polar surface area (TPSA) is 140 Å². The summed E-state index contributed by atoms with van der Waals surface area (Å²) in [6.07, 6.45) is 0.269. The number of hydrogen-bond donors (Lipinski definition) is 3. The van der Waals surface area contributed by atoms with Gasteiger partial charge in [0.2, 0.25) is 11.8 Å². The highest BCUT2D eigenvalue weighted by Crippen LogP contribution is 2.21. The van der Waals surface area contributed by atoms with Crippen molar-refractivity contribution in [2.45, 2.75) is 70.3 Å². The van der Waals surface area contributed by atoms with Crippen LogP contribution in [-0.2, 0) is 35.1 Å². The fraction of sp³-hybridized carbons (Fsp3) is 0.412. The van der Waals surface area contributed by atoms with Crippen LogP contribution in [0.5, 0.6) is 5.75 Å². The number of amides is 2. The molecule has 0 bridgehead atoms. The third-order valence-electron chi connectivity index (χ3n) is 6.82. The van der Waals surface area contributed by atoms with Gasteiger partial charge in [-0.15, -0.1) is 0 Å². The number of rotatable bonds is 6. The van der Waals surface area contributed by atoms with Crippen LogP contribution in [0, 0.1) is 17.8 Å². The molecule has 0 aromatic heterocycles. The number of carbonyl (C=O) groups is 4. The van der Waals surface area contributed by atoms with E-state index in [0.717, 1.165) is 5.56 Å². The summed E-state index contributed by atoms with van der Waals surface area (Å²) in [5, 5.41) is 16.7. The van der Waals surface area contributed by atoms with E-state index in [9.17, 15) is 24.3 Å². The number of nitrogens with one attached hydrogen (secondary N) is 2. The van der Waals surface area contributed by atoms with Crippen LogP contribution in [0.25, 0.3) is 0 Å². The Kier molecular flexibility index (Phi) is 12.5. The van der Waals surface area contributed by atoms with Crippen LogP contribution in [0.4, 0.5) is 0 Å². The van der Waals surface area contributed by atoms with Crippen LogP contribution >= 0.6 is 0 Å². The number of carbonyl (C=O) groups excluding carboxylic acids is 4. The van der Waals surface area contributed by atoms with E-state index in [1.165, 1.54) is 19.1 Å². The first-order valence-corrected chi connectivity index (χ1v) is 14.5. The predicted octanol–water partition coefficient (Wildman–Crippen LogP) is 2.86. The monoisotopic (exact) mass is 604 g/mol. The highest BCUT2D eigenvalue weighted by molar-refractivity contribution is 5.93. The molecular formula is C34H40N2O8. The third-order valence-corrected chi connectivity index (χ3v) is 6.82. The van der Waals surface area contributed by atoms with Gasteiger partial charge in [0.25, 0.3) is 0 Å². The number of aliphatic hydroxyl groups is 1. The Hall–Kier alpha value is -4.62. The van der Waals surface area contributed by atoms with E-state index in [0.29, 0.717) is 11.3 Å². The second kappa shape index (κ2) is 16.3. The first-order chi connectivity index (χ1) is 21.0. The van der Waals surface area contributed by atoms with Crippen molar-refractivity contribution in [3.8, 4) is 17.6 Å². The van der Waals surface area contributed by atoms with Crippen molar-refractivity contribution >= 4 is 23.8 Å². The van der Waals surface area contributed by atoms with E-state index in [4.69, 9.17) is 14.2 Å². The molecule has 0 saturated heterocycles. The van der Waals surface area contributed by atoms with E-state index >= 15 is 0 Å². The van der Waals surface area contributed by atoms with E-state index in [-0.39, 0.29) is 38.1 Å². The lowest BCUT2D eigenvalue weighted by Crippen LogP contribution is -2.48. The maximum atomic E-state index is 13.3. The fourth-order valence-electron chi connectivity index (χ4n) is 4.38. The quantitative estimate of drug-likeness (QED) is 0.338. The highest BCUT2D eigenvalue weighted by Gasteiger charge is 2.36. The highest BCUT2D eigenvalue weighted by atomic mass is 16.6. The van der Waals surface area contributed by atoms with Gasteiger partial charge in [-0.05, 0) is 55.2 Å². The molecule has 0 fully saturated rings. The van der Waals surface area contributed by atoms with Crippen LogP contribution < -0.4 is 15.4 Å². The molecule has 3 rings (SSSR count). The zero-order valence-corrected chi connectivity index (χ0v) is 25.5. The maximum Gasteiger partial charge on any atom is 0.347 e. The van der Waals surface area contributed by atoms with Crippen molar-refractivity contribution in [1.29, 1.82) is 0 Å². The SMILES string of the molecule is COc1ccc(C[C@H]2NC(=O)/C=C/C[C@@H]([C@@](C)(O)C#Cc3ccccc3)OC(=O)[C@H](CC(C)C)OC(=O)CCNC2=O)cc1. The molecule has 4 atom stereocenters. The minimum absolute atomic E-state index is 0.0233. The Balaban J connectivity index is 1.90. The third kappa shape index (κ3) is 10.9. The van der Waals surface area contributed by atoms with Crippen molar-refractivity contribution in [3.05, 3.63) is 77.9 Å². The smallest absolute Gasteiger partial charge is 0.347 e. The van der Waals surface area contributed by atoms with E-state index in [1.54, 1.807) is 55.6 Å². The summed E-state index contributed by atoms with van der Waals surface area (Å²) in [4.78, 5) is 51.9. The summed E-state index contributed by atoms with van der Waals surface area (Å²) >= 11 is 0. The number of hydrogen-bond acceptors (Lipinski definition) is 8. The first-order valence-electron chi connectivity index (χ1n) is 14.5. The molecule has 0 aliphatic carbocycles. The summed E-state index contributed by atoms with van der Waals surface area (Å²) in [7, 11) is 1.55. The van der Waals surface area contributed by atoms with Gasteiger partial charge in [0, 0.05) is 24.9 Å². The van der Waals surface area contributed by atoms with Crippen molar-refractivity contribution in [3.63, 3.8) is 0 Å². The van der Waals surface area contributed by atoms with Gasteiger partial charge >= 0.3 is 11.9 Å². The molecule has 0 unspecified atom stereocenters. The molecule has 2 amide bonds. The summed E-state index contributed by atoms with van der Waals surface area (Å²) in [6, 6.07) is 15.1. The Bertz CT molecular complexity index is 1370. The standard InChI is InChI=1S/C34H40N2O8/c1-23(2)21-28-33(40)44-29(34(3,41)19-17-24-9-6-5-7-10-24)11-8-12-30(37)36-27(32(39)35-20-18-31(38)43-28)22-25-13-15-26(42-4)16-14-25/h5-10,12-16,23,27-29,41H,11,18,20-22H2,1-4H3,(H,35,39)(H,36,37)/b12-8+/t27-,28+,29+,34+/m1/s1. The maximum absolute atomic E-state index is 13.3.